The maximum absolute atomic E-state index is 3.82. The topological polar surface area (TPSA) is 15.3 Å². The highest BCUT2D eigenvalue weighted by Crippen LogP contribution is 2.40. The summed E-state index contributed by atoms with van der Waals surface area (Å²) in [4.78, 5) is 2.71. The SMILES string of the molecule is CCNC1C(CN(C)C2CCCCC2C)CCCC1(C)C. The van der Waals surface area contributed by atoms with Crippen LogP contribution in [0, 0.1) is 17.3 Å². The Morgan fingerprint density at radius 3 is 2.48 bits per heavy atom. The van der Waals surface area contributed by atoms with Gasteiger partial charge in [-0.2, -0.15) is 0 Å². The van der Waals surface area contributed by atoms with Crippen LogP contribution in [0.4, 0.5) is 0 Å². The van der Waals surface area contributed by atoms with E-state index < -0.39 is 0 Å². The third-order valence-corrected chi connectivity index (χ3v) is 6.29. The van der Waals surface area contributed by atoms with Crippen LogP contribution in [0.2, 0.25) is 0 Å². The van der Waals surface area contributed by atoms with Crippen LogP contribution in [0.3, 0.4) is 0 Å². The van der Waals surface area contributed by atoms with Gasteiger partial charge >= 0.3 is 0 Å². The summed E-state index contributed by atoms with van der Waals surface area (Å²) in [5, 5.41) is 3.82. The summed E-state index contributed by atoms with van der Waals surface area (Å²) in [6, 6.07) is 1.52. The van der Waals surface area contributed by atoms with Crippen molar-refractivity contribution in [2.75, 3.05) is 20.1 Å². The maximum Gasteiger partial charge on any atom is 0.0159 e. The number of hydrogen-bond acceptors (Lipinski definition) is 2. The zero-order chi connectivity index (χ0) is 15.5. The molecule has 0 aliphatic heterocycles. The van der Waals surface area contributed by atoms with Gasteiger partial charge in [0, 0.05) is 18.6 Å². The Bertz CT molecular complexity index is 313. The maximum atomic E-state index is 3.82. The Labute approximate surface area is 133 Å². The lowest BCUT2D eigenvalue weighted by atomic mass is 9.67. The van der Waals surface area contributed by atoms with E-state index in [1.165, 1.54) is 51.5 Å². The molecule has 2 heteroatoms. The van der Waals surface area contributed by atoms with Gasteiger partial charge in [-0.05, 0) is 56.5 Å². The first-order valence-corrected chi connectivity index (χ1v) is 9.39. The molecule has 0 aromatic heterocycles. The summed E-state index contributed by atoms with van der Waals surface area (Å²) in [5.74, 6) is 1.71. The van der Waals surface area contributed by atoms with E-state index in [4.69, 9.17) is 0 Å². The monoisotopic (exact) mass is 294 g/mol. The highest BCUT2D eigenvalue weighted by Gasteiger charge is 2.39. The van der Waals surface area contributed by atoms with E-state index in [0.717, 1.165) is 24.4 Å². The number of nitrogens with one attached hydrogen (secondary N) is 1. The van der Waals surface area contributed by atoms with E-state index in [0.29, 0.717) is 11.5 Å². The fourth-order valence-corrected chi connectivity index (χ4v) is 5.10. The van der Waals surface area contributed by atoms with Crippen LogP contribution in [-0.2, 0) is 0 Å². The molecule has 0 aromatic carbocycles. The molecule has 0 spiro atoms. The molecular formula is C19H38N2. The van der Waals surface area contributed by atoms with Crippen molar-refractivity contribution in [1.82, 2.24) is 10.2 Å². The van der Waals surface area contributed by atoms with Gasteiger partial charge in [-0.1, -0.05) is 47.0 Å². The van der Waals surface area contributed by atoms with Gasteiger partial charge in [0.25, 0.3) is 0 Å². The van der Waals surface area contributed by atoms with Crippen molar-refractivity contribution in [3.63, 3.8) is 0 Å². The fourth-order valence-electron chi connectivity index (χ4n) is 5.10. The molecule has 2 aliphatic rings. The van der Waals surface area contributed by atoms with E-state index in [-0.39, 0.29) is 0 Å². The summed E-state index contributed by atoms with van der Waals surface area (Å²) in [5.41, 5.74) is 0.456. The summed E-state index contributed by atoms with van der Waals surface area (Å²) < 4.78 is 0. The molecule has 2 nitrogen and oxygen atoms in total. The van der Waals surface area contributed by atoms with Crippen molar-refractivity contribution in [2.45, 2.75) is 84.7 Å². The van der Waals surface area contributed by atoms with E-state index in [2.05, 4.69) is 45.0 Å². The predicted octanol–water partition coefficient (Wildman–Crippen LogP) is 4.30. The lowest BCUT2D eigenvalue weighted by Gasteiger charge is -2.47. The molecule has 0 aromatic rings. The average molecular weight is 295 g/mol. The van der Waals surface area contributed by atoms with Gasteiger partial charge in [-0.3, -0.25) is 0 Å². The third-order valence-electron chi connectivity index (χ3n) is 6.29. The molecule has 0 heterocycles. The largest absolute Gasteiger partial charge is 0.313 e. The van der Waals surface area contributed by atoms with Crippen molar-refractivity contribution in [3.8, 4) is 0 Å². The Hall–Kier alpha value is -0.0800. The first-order valence-electron chi connectivity index (χ1n) is 9.39. The van der Waals surface area contributed by atoms with Crippen LogP contribution in [0.5, 0.6) is 0 Å². The minimum absolute atomic E-state index is 0.456. The average Bonchev–Trinajstić information content (AvgIpc) is 2.43. The van der Waals surface area contributed by atoms with E-state index in [1.807, 2.05) is 0 Å². The standard InChI is InChI=1S/C19H38N2/c1-6-20-18-16(11-9-13-19(18,3)4)14-21(5)17-12-8-7-10-15(17)2/h15-18,20H,6-14H2,1-5H3. The molecule has 2 fully saturated rings. The van der Waals surface area contributed by atoms with Gasteiger partial charge in [0.1, 0.15) is 0 Å². The first-order chi connectivity index (χ1) is 9.95. The lowest BCUT2D eigenvalue weighted by molar-refractivity contribution is 0.0564. The summed E-state index contributed by atoms with van der Waals surface area (Å²) in [6.07, 6.45) is 9.93. The molecule has 4 atom stereocenters. The quantitative estimate of drug-likeness (QED) is 0.813. The molecule has 4 unspecified atom stereocenters. The molecule has 2 aliphatic carbocycles. The van der Waals surface area contributed by atoms with Crippen LogP contribution in [0.25, 0.3) is 0 Å². The van der Waals surface area contributed by atoms with Crippen LogP contribution in [0.1, 0.15) is 72.6 Å². The normalized spacial score (nSPS) is 36.9. The summed E-state index contributed by atoms with van der Waals surface area (Å²) in [6.45, 7) is 12.1. The molecule has 0 amide bonds. The lowest BCUT2D eigenvalue weighted by Crippen LogP contribution is -2.54. The Balaban J connectivity index is 1.98. The molecular weight excluding hydrogens is 256 g/mol. The second kappa shape index (κ2) is 7.46. The van der Waals surface area contributed by atoms with Gasteiger partial charge in [0.05, 0.1) is 0 Å². The van der Waals surface area contributed by atoms with Crippen LogP contribution in [0.15, 0.2) is 0 Å². The summed E-state index contributed by atoms with van der Waals surface area (Å²) in [7, 11) is 2.39. The third kappa shape index (κ3) is 4.22. The zero-order valence-corrected chi connectivity index (χ0v) is 15.1. The highest BCUT2D eigenvalue weighted by atomic mass is 15.1. The van der Waals surface area contributed by atoms with Crippen LogP contribution >= 0.6 is 0 Å². The molecule has 1 N–H and O–H groups in total. The van der Waals surface area contributed by atoms with E-state index in [9.17, 15) is 0 Å². The van der Waals surface area contributed by atoms with Crippen molar-refractivity contribution >= 4 is 0 Å². The zero-order valence-electron chi connectivity index (χ0n) is 15.1. The minimum Gasteiger partial charge on any atom is -0.313 e. The molecule has 2 rings (SSSR count). The van der Waals surface area contributed by atoms with Gasteiger partial charge < -0.3 is 10.2 Å². The molecule has 0 bridgehead atoms. The van der Waals surface area contributed by atoms with Crippen molar-refractivity contribution in [3.05, 3.63) is 0 Å². The Morgan fingerprint density at radius 2 is 1.81 bits per heavy atom. The number of hydrogen-bond donors (Lipinski definition) is 1. The Kier molecular flexibility index (Phi) is 6.14. The molecule has 0 radical (unpaired) electrons. The smallest absolute Gasteiger partial charge is 0.0159 e. The van der Waals surface area contributed by atoms with Gasteiger partial charge in [0.2, 0.25) is 0 Å². The Morgan fingerprint density at radius 1 is 1.10 bits per heavy atom. The van der Waals surface area contributed by atoms with Crippen molar-refractivity contribution in [2.24, 2.45) is 17.3 Å². The molecule has 124 valence electrons. The van der Waals surface area contributed by atoms with Crippen LogP contribution in [-0.4, -0.2) is 37.1 Å². The summed E-state index contributed by atoms with van der Waals surface area (Å²) >= 11 is 0. The fraction of sp³-hybridized carbons (Fsp3) is 1.00. The second-order valence-corrected chi connectivity index (χ2v) is 8.44. The van der Waals surface area contributed by atoms with Gasteiger partial charge in [-0.15, -0.1) is 0 Å². The number of nitrogens with zero attached hydrogens (tertiary/aromatic N) is 1. The number of rotatable bonds is 5. The first kappa shape index (κ1) is 17.3. The molecule has 2 saturated carbocycles. The second-order valence-electron chi connectivity index (χ2n) is 8.44. The predicted molar refractivity (Wildman–Crippen MR) is 92.6 cm³/mol. The van der Waals surface area contributed by atoms with E-state index in [1.54, 1.807) is 0 Å². The minimum atomic E-state index is 0.456. The highest BCUT2D eigenvalue weighted by molar-refractivity contribution is 4.95. The van der Waals surface area contributed by atoms with Gasteiger partial charge in [0.15, 0.2) is 0 Å². The molecule has 0 saturated heterocycles. The van der Waals surface area contributed by atoms with E-state index >= 15 is 0 Å². The van der Waals surface area contributed by atoms with Crippen molar-refractivity contribution < 1.29 is 0 Å². The van der Waals surface area contributed by atoms with Crippen LogP contribution < -0.4 is 5.32 Å². The van der Waals surface area contributed by atoms with Gasteiger partial charge in [-0.25, -0.2) is 0 Å². The van der Waals surface area contributed by atoms with Crippen molar-refractivity contribution in [1.29, 1.82) is 0 Å². The molecule has 21 heavy (non-hydrogen) atoms.